The third-order valence-electron chi connectivity index (χ3n) is 5.57. The molecular formula is C19H31N5O2. The van der Waals surface area contributed by atoms with Crippen LogP contribution < -0.4 is 9.80 Å². The van der Waals surface area contributed by atoms with E-state index in [-0.39, 0.29) is 11.3 Å². The zero-order valence-corrected chi connectivity index (χ0v) is 16.3. The molecule has 3 heterocycles. The Labute approximate surface area is 156 Å². The van der Waals surface area contributed by atoms with Crippen LogP contribution in [0.1, 0.15) is 32.1 Å². The SMILES string of the molecule is COCCCN1C[C@]2(CCCN(c3nccnc3N(C)C)C2)CCC1=O. The van der Waals surface area contributed by atoms with Gasteiger partial charge >= 0.3 is 0 Å². The van der Waals surface area contributed by atoms with Crippen molar-refractivity contribution in [3.05, 3.63) is 12.4 Å². The quantitative estimate of drug-likeness (QED) is 0.720. The fourth-order valence-corrected chi connectivity index (χ4v) is 4.29. The van der Waals surface area contributed by atoms with Crippen molar-refractivity contribution in [1.82, 2.24) is 14.9 Å². The number of aromatic nitrogens is 2. The number of likely N-dealkylation sites (tertiary alicyclic amines) is 1. The molecule has 1 aromatic heterocycles. The van der Waals surface area contributed by atoms with Crippen molar-refractivity contribution in [2.45, 2.75) is 32.1 Å². The molecule has 26 heavy (non-hydrogen) atoms. The summed E-state index contributed by atoms with van der Waals surface area (Å²) in [6.07, 6.45) is 8.35. The first-order valence-corrected chi connectivity index (χ1v) is 9.55. The van der Waals surface area contributed by atoms with Crippen LogP contribution in [0.15, 0.2) is 12.4 Å². The number of carbonyl (C=O) groups excluding carboxylic acids is 1. The van der Waals surface area contributed by atoms with Crippen LogP contribution in [0, 0.1) is 5.41 Å². The van der Waals surface area contributed by atoms with Crippen LogP contribution >= 0.6 is 0 Å². The Kier molecular flexibility index (Phi) is 5.96. The lowest BCUT2D eigenvalue weighted by atomic mass is 9.73. The lowest BCUT2D eigenvalue weighted by Gasteiger charge is -2.48. The second kappa shape index (κ2) is 8.20. The molecule has 0 aromatic carbocycles. The van der Waals surface area contributed by atoms with Crippen molar-refractivity contribution in [2.24, 2.45) is 5.41 Å². The molecule has 0 saturated carbocycles. The number of amides is 1. The van der Waals surface area contributed by atoms with Crippen LogP contribution in [0.3, 0.4) is 0 Å². The summed E-state index contributed by atoms with van der Waals surface area (Å²) < 4.78 is 5.15. The molecule has 0 unspecified atom stereocenters. The Morgan fingerprint density at radius 3 is 2.81 bits per heavy atom. The maximum Gasteiger partial charge on any atom is 0.222 e. The molecule has 7 heteroatoms. The maximum atomic E-state index is 12.4. The van der Waals surface area contributed by atoms with Gasteiger partial charge in [-0.25, -0.2) is 9.97 Å². The first kappa shape index (κ1) is 18.9. The standard InChI is InChI=1S/C19H31N5O2/c1-22(2)17-18(21-10-9-20-17)24-11-4-7-19(15-24)8-6-16(25)23(14-19)12-5-13-26-3/h9-10H,4-8,11-15H2,1-3H3/t19-/m0/s1. The maximum absolute atomic E-state index is 12.4. The predicted octanol–water partition coefficient (Wildman–Crippen LogP) is 1.79. The van der Waals surface area contributed by atoms with Gasteiger partial charge in [0.25, 0.3) is 0 Å². The lowest BCUT2D eigenvalue weighted by Crippen LogP contribution is -2.54. The van der Waals surface area contributed by atoms with Crippen molar-refractivity contribution in [3.63, 3.8) is 0 Å². The van der Waals surface area contributed by atoms with E-state index < -0.39 is 0 Å². The van der Waals surface area contributed by atoms with Gasteiger partial charge in [-0.1, -0.05) is 0 Å². The highest BCUT2D eigenvalue weighted by molar-refractivity contribution is 5.77. The Hall–Kier alpha value is -1.89. The topological polar surface area (TPSA) is 61.8 Å². The van der Waals surface area contributed by atoms with Crippen LogP contribution in [0.25, 0.3) is 0 Å². The monoisotopic (exact) mass is 361 g/mol. The highest BCUT2D eigenvalue weighted by atomic mass is 16.5. The number of nitrogens with zero attached hydrogens (tertiary/aromatic N) is 5. The van der Waals surface area contributed by atoms with Crippen LogP contribution in [0.5, 0.6) is 0 Å². The molecule has 0 bridgehead atoms. The fraction of sp³-hybridized carbons (Fsp3) is 0.737. The minimum Gasteiger partial charge on any atom is -0.385 e. The average molecular weight is 361 g/mol. The molecule has 2 aliphatic heterocycles. The lowest BCUT2D eigenvalue weighted by molar-refractivity contribution is -0.138. The molecule has 0 aliphatic carbocycles. The van der Waals surface area contributed by atoms with E-state index in [1.807, 2.05) is 19.0 Å². The van der Waals surface area contributed by atoms with E-state index in [0.717, 1.165) is 57.1 Å². The normalized spacial score (nSPS) is 23.6. The minimum absolute atomic E-state index is 0.167. The molecule has 2 saturated heterocycles. The van der Waals surface area contributed by atoms with Crippen molar-refractivity contribution in [3.8, 4) is 0 Å². The number of rotatable bonds is 6. The third-order valence-corrected chi connectivity index (χ3v) is 5.57. The molecule has 1 aromatic rings. The molecule has 1 spiro atoms. The number of anilines is 2. The molecule has 1 atom stereocenters. The van der Waals surface area contributed by atoms with Gasteiger partial charge in [0.15, 0.2) is 11.6 Å². The van der Waals surface area contributed by atoms with Gasteiger partial charge in [0, 0.05) is 78.2 Å². The Morgan fingerprint density at radius 2 is 2.04 bits per heavy atom. The summed E-state index contributed by atoms with van der Waals surface area (Å²) >= 11 is 0. The molecule has 0 radical (unpaired) electrons. The van der Waals surface area contributed by atoms with Crippen molar-refractivity contribution in [1.29, 1.82) is 0 Å². The van der Waals surface area contributed by atoms with Gasteiger partial charge in [-0.3, -0.25) is 4.79 Å². The fourth-order valence-electron chi connectivity index (χ4n) is 4.29. The number of piperidine rings is 2. The number of hydrogen-bond acceptors (Lipinski definition) is 6. The van der Waals surface area contributed by atoms with Gasteiger partial charge in [0.05, 0.1) is 0 Å². The van der Waals surface area contributed by atoms with Gasteiger partial charge in [0.2, 0.25) is 5.91 Å². The minimum atomic E-state index is 0.167. The molecular weight excluding hydrogens is 330 g/mol. The van der Waals surface area contributed by atoms with Gasteiger partial charge in [-0.15, -0.1) is 0 Å². The zero-order chi connectivity index (χ0) is 18.6. The third kappa shape index (κ3) is 4.09. The summed E-state index contributed by atoms with van der Waals surface area (Å²) in [5.74, 6) is 2.16. The largest absolute Gasteiger partial charge is 0.385 e. The first-order chi connectivity index (χ1) is 12.5. The van der Waals surface area contributed by atoms with E-state index in [9.17, 15) is 4.79 Å². The summed E-state index contributed by atoms with van der Waals surface area (Å²) in [4.78, 5) is 27.9. The number of carbonyl (C=O) groups is 1. The summed E-state index contributed by atoms with van der Waals surface area (Å²) in [6, 6.07) is 0. The van der Waals surface area contributed by atoms with Gasteiger partial charge in [-0.2, -0.15) is 0 Å². The molecule has 144 valence electrons. The second-order valence-corrected chi connectivity index (χ2v) is 7.78. The van der Waals surface area contributed by atoms with Crippen LogP contribution in [0.2, 0.25) is 0 Å². The van der Waals surface area contributed by atoms with E-state index in [1.165, 1.54) is 6.42 Å². The van der Waals surface area contributed by atoms with Crippen LogP contribution in [-0.4, -0.2) is 74.8 Å². The molecule has 1 amide bonds. The van der Waals surface area contributed by atoms with Crippen molar-refractivity contribution >= 4 is 17.5 Å². The smallest absolute Gasteiger partial charge is 0.222 e. The number of hydrogen-bond donors (Lipinski definition) is 0. The summed E-state index contributed by atoms with van der Waals surface area (Å²) in [7, 11) is 5.72. The van der Waals surface area contributed by atoms with E-state index in [1.54, 1.807) is 19.5 Å². The molecule has 0 N–H and O–H groups in total. The molecule has 3 rings (SSSR count). The van der Waals surface area contributed by atoms with Crippen LogP contribution in [0.4, 0.5) is 11.6 Å². The van der Waals surface area contributed by atoms with Crippen LogP contribution in [-0.2, 0) is 9.53 Å². The Morgan fingerprint density at radius 1 is 1.23 bits per heavy atom. The Balaban J connectivity index is 1.74. The van der Waals surface area contributed by atoms with E-state index >= 15 is 0 Å². The Bertz CT molecular complexity index is 624. The number of ether oxygens (including phenoxy) is 1. The molecule has 7 nitrogen and oxygen atoms in total. The van der Waals surface area contributed by atoms with Crippen molar-refractivity contribution < 1.29 is 9.53 Å². The highest BCUT2D eigenvalue weighted by Gasteiger charge is 2.42. The summed E-state index contributed by atoms with van der Waals surface area (Å²) in [5.41, 5.74) is 0.167. The summed E-state index contributed by atoms with van der Waals surface area (Å²) in [6.45, 7) is 4.29. The van der Waals surface area contributed by atoms with Gasteiger partial charge in [0.1, 0.15) is 0 Å². The molecule has 2 aliphatic rings. The number of methoxy groups -OCH3 is 1. The predicted molar refractivity (Wildman–Crippen MR) is 103 cm³/mol. The summed E-state index contributed by atoms with van der Waals surface area (Å²) in [5, 5.41) is 0. The van der Waals surface area contributed by atoms with E-state index in [4.69, 9.17) is 4.74 Å². The second-order valence-electron chi connectivity index (χ2n) is 7.78. The average Bonchev–Trinajstić information content (AvgIpc) is 2.65. The van der Waals surface area contributed by atoms with E-state index in [0.29, 0.717) is 13.0 Å². The zero-order valence-electron chi connectivity index (χ0n) is 16.3. The van der Waals surface area contributed by atoms with Gasteiger partial charge in [-0.05, 0) is 25.7 Å². The van der Waals surface area contributed by atoms with Crippen molar-refractivity contribution in [2.75, 3.05) is 63.8 Å². The highest BCUT2D eigenvalue weighted by Crippen LogP contribution is 2.41. The van der Waals surface area contributed by atoms with E-state index in [2.05, 4.69) is 19.8 Å². The molecule has 2 fully saturated rings. The first-order valence-electron chi connectivity index (χ1n) is 9.55. The van der Waals surface area contributed by atoms with Gasteiger partial charge < -0.3 is 19.4 Å².